The number of H-pyrrole nitrogens is 1. The lowest BCUT2D eigenvalue weighted by Crippen LogP contribution is -2.45. The number of ether oxygens (including phenoxy) is 2. The van der Waals surface area contributed by atoms with E-state index in [1.165, 1.54) is 23.8 Å². The Morgan fingerprint density at radius 3 is 2.71 bits per heavy atom. The average Bonchev–Trinajstić information content (AvgIpc) is 2.90. The van der Waals surface area contributed by atoms with Crippen molar-refractivity contribution < 1.29 is 14.3 Å². The van der Waals surface area contributed by atoms with Crippen molar-refractivity contribution in [2.24, 2.45) is 5.92 Å². The second-order valence-corrected chi connectivity index (χ2v) is 7.01. The van der Waals surface area contributed by atoms with E-state index in [4.69, 9.17) is 9.47 Å². The SMILES string of the molecule is COC(=O)[C@@H]1Cc2c([nH]c3cc(OC)c(C)cc23)[C@H](CC(C)C)N1. The minimum absolute atomic E-state index is 0.122. The van der Waals surface area contributed by atoms with Crippen LogP contribution in [0, 0.1) is 12.8 Å². The molecule has 0 amide bonds. The fraction of sp³-hybridized carbons (Fsp3) is 0.526. The maximum atomic E-state index is 12.1. The van der Waals surface area contributed by atoms with Crippen molar-refractivity contribution in [1.29, 1.82) is 0 Å². The van der Waals surface area contributed by atoms with E-state index in [1.54, 1.807) is 7.11 Å². The fourth-order valence-corrected chi connectivity index (χ4v) is 3.68. The monoisotopic (exact) mass is 330 g/mol. The summed E-state index contributed by atoms with van der Waals surface area (Å²) >= 11 is 0. The molecule has 24 heavy (non-hydrogen) atoms. The van der Waals surface area contributed by atoms with E-state index in [2.05, 4.69) is 30.2 Å². The van der Waals surface area contributed by atoms with Crippen LogP contribution in [0.2, 0.25) is 0 Å². The Hall–Kier alpha value is -2.01. The summed E-state index contributed by atoms with van der Waals surface area (Å²) in [6.45, 7) is 6.43. The zero-order chi connectivity index (χ0) is 17.4. The van der Waals surface area contributed by atoms with Crippen LogP contribution in [0.25, 0.3) is 10.9 Å². The summed E-state index contributed by atoms with van der Waals surface area (Å²) in [6, 6.07) is 4.02. The first-order valence-corrected chi connectivity index (χ1v) is 8.47. The van der Waals surface area contributed by atoms with E-state index in [1.807, 2.05) is 13.0 Å². The number of aromatic nitrogens is 1. The number of fused-ring (bicyclic) bond motifs is 3. The molecule has 1 aliphatic heterocycles. The first-order valence-electron chi connectivity index (χ1n) is 8.47. The van der Waals surface area contributed by atoms with Gasteiger partial charge >= 0.3 is 5.97 Å². The van der Waals surface area contributed by atoms with Crippen molar-refractivity contribution in [2.45, 2.75) is 45.7 Å². The van der Waals surface area contributed by atoms with Crippen molar-refractivity contribution in [1.82, 2.24) is 10.3 Å². The van der Waals surface area contributed by atoms with Gasteiger partial charge in [0.1, 0.15) is 11.8 Å². The van der Waals surface area contributed by atoms with Crippen molar-refractivity contribution >= 4 is 16.9 Å². The highest BCUT2D eigenvalue weighted by Gasteiger charge is 2.34. The van der Waals surface area contributed by atoms with Crippen molar-refractivity contribution in [3.05, 3.63) is 29.0 Å². The van der Waals surface area contributed by atoms with Gasteiger partial charge in [-0.1, -0.05) is 13.8 Å². The second-order valence-electron chi connectivity index (χ2n) is 7.01. The minimum atomic E-state index is -0.298. The lowest BCUT2D eigenvalue weighted by Gasteiger charge is -2.31. The average molecular weight is 330 g/mol. The molecule has 5 nitrogen and oxygen atoms in total. The molecule has 5 heteroatoms. The van der Waals surface area contributed by atoms with E-state index in [0.29, 0.717) is 12.3 Å². The van der Waals surface area contributed by atoms with Crippen LogP contribution in [0.3, 0.4) is 0 Å². The predicted octanol–water partition coefficient (Wildman–Crippen LogP) is 3.26. The van der Waals surface area contributed by atoms with Gasteiger partial charge in [0.05, 0.1) is 14.2 Å². The molecule has 1 aliphatic rings. The van der Waals surface area contributed by atoms with Crippen LogP contribution in [0.1, 0.15) is 43.1 Å². The summed E-state index contributed by atoms with van der Waals surface area (Å²) < 4.78 is 10.4. The van der Waals surface area contributed by atoms with Crippen LogP contribution in [-0.4, -0.2) is 31.2 Å². The topological polar surface area (TPSA) is 63.4 Å². The van der Waals surface area contributed by atoms with Crippen molar-refractivity contribution in [3.8, 4) is 5.75 Å². The normalized spacial score (nSPS) is 20.2. The molecule has 0 saturated carbocycles. The standard InChI is InChI=1S/C19H26N2O3/c1-10(2)6-15-18-13(8-16(20-15)19(22)24-5)12-7-11(3)17(23-4)9-14(12)21-18/h7,9-10,15-16,20-21H,6,8H2,1-5H3/t15-,16-/m0/s1. The molecule has 0 fully saturated rings. The number of esters is 1. The summed E-state index contributed by atoms with van der Waals surface area (Å²) in [6.07, 6.45) is 1.60. The van der Waals surface area contributed by atoms with Crippen LogP contribution in [0.15, 0.2) is 12.1 Å². The fourth-order valence-electron chi connectivity index (χ4n) is 3.68. The Balaban J connectivity index is 2.11. The summed E-state index contributed by atoms with van der Waals surface area (Å²) in [4.78, 5) is 15.7. The third-order valence-electron chi connectivity index (χ3n) is 4.81. The number of aryl methyl sites for hydroxylation is 1. The number of benzene rings is 1. The van der Waals surface area contributed by atoms with E-state index in [9.17, 15) is 4.79 Å². The molecule has 0 unspecified atom stereocenters. The predicted molar refractivity (Wildman–Crippen MR) is 94.4 cm³/mol. The molecule has 2 atom stereocenters. The van der Waals surface area contributed by atoms with Crippen molar-refractivity contribution in [3.63, 3.8) is 0 Å². The molecular formula is C19H26N2O3. The molecule has 2 N–H and O–H groups in total. The van der Waals surface area contributed by atoms with Gasteiger partial charge in [-0.25, -0.2) is 0 Å². The zero-order valence-corrected chi connectivity index (χ0v) is 15.0. The van der Waals surface area contributed by atoms with Gasteiger partial charge < -0.3 is 14.5 Å². The van der Waals surface area contributed by atoms with E-state index < -0.39 is 0 Å². The summed E-state index contributed by atoms with van der Waals surface area (Å²) in [5.74, 6) is 1.20. The number of carbonyl (C=O) groups excluding carboxylic acids is 1. The number of aromatic amines is 1. The third kappa shape index (κ3) is 2.88. The molecular weight excluding hydrogens is 304 g/mol. The second kappa shape index (κ2) is 6.48. The van der Waals surface area contributed by atoms with Crippen LogP contribution in [-0.2, 0) is 16.0 Å². The molecule has 1 aromatic carbocycles. The van der Waals surface area contributed by atoms with Gasteiger partial charge in [0.2, 0.25) is 0 Å². The lowest BCUT2D eigenvalue weighted by molar-refractivity contribution is -0.143. The number of nitrogens with one attached hydrogen (secondary N) is 2. The summed E-state index contributed by atoms with van der Waals surface area (Å²) in [5, 5.41) is 4.63. The van der Waals surface area contributed by atoms with E-state index in [0.717, 1.165) is 23.3 Å². The highest BCUT2D eigenvalue weighted by molar-refractivity contribution is 5.89. The van der Waals surface area contributed by atoms with Gasteiger partial charge in [-0.15, -0.1) is 0 Å². The van der Waals surface area contributed by atoms with Gasteiger partial charge in [-0.05, 0) is 36.5 Å². The van der Waals surface area contributed by atoms with Crippen LogP contribution in [0.4, 0.5) is 0 Å². The van der Waals surface area contributed by atoms with Gasteiger partial charge in [0, 0.05) is 35.1 Å². The van der Waals surface area contributed by atoms with Gasteiger partial charge in [-0.2, -0.15) is 0 Å². The Morgan fingerprint density at radius 2 is 2.08 bits per heavy atom. The first kappa shape index (κ1) is 16.8. The third-order valence-corrected chi connectivity index (χ3v) is 4.81. The maximum Gasteiger partial charge on any atom is 0.323 e. The number of rotatable bonds is 4. The number of hydrogen-bond acceptors (Lipinski definition) is 4. The highest BCUT2D eigenvalue weighted by Crippen LogP contribution is 2.37. The molecule has 2 heterocycles. The Labute approximate surface area is 142 Å². The lowest BCUT2D eigenvalue weighted by atomic mass is 9.89. The molecule has 1 aromatic heterocycles. The van der Waals surface area contributed by atoms with Crippen LogP contribution >= 0.6 is 0 Å². The Bertz CT molecular complexity index is 764. The molecule has 130 valence electrons. The zero-order valence-electron chi connectivity index (χ0n) is 15.0. The number of methoxy groups -OCH3 is 2. The summed E-state index contributed by atoms with van der Waals surface area (Å²) in [5.41, 5.74) is 4.56. The van der Waals surface area contributed by atoms with Gasteiger partial charge in [0.15, 0.2) is 0 Å². The molecule has 3 rings (SSSR count). The molecule has 2 aromatic rings. The molecule has 0 radical (unpaired) electrons. The highest BCUT2D eigenvalue weighted by atomic mass is 16.5. The van der Waals surface area contributed by atoms with Crippen LogP contribution in [0.5, 0.6) is 5.75 Å². The number of hydrogen-bond donors (Lipinski definition) is 2. The molecule has 0 saturated heterocycles. The first-order chi connectivity index (χ1) is 11.4. The van der Waals surface area contributed by atoms with Crippen molar-refractivity contribution in [2.75, 3.05) is 14.2 Å². The number of carbonyl (C=O) groups is 1. The smallest absolute Gasteiger partial charge is 0.323 e. The summed E-state index contributed by atoms with van der Waals surface area (Å²) in [7, 11) is 3.13. The molecule has 0 spiro atoms. The van der Waals surface area contributed by atoms with E-state index in [-0.39, 0.29) is 18.1 Å². The minimum Gasteiger partial charge on any atom is -0.496 e. The Kier molecular flexibility index (Phi) is 4.54. The largest absolute Gasteiger partial charge is 0.496 e. The van der Waals surface area contributed by atoms with Gasteiger partial charge in [0.25, 0.3) is 0 Å². The van der Waals surface area contributed by atoms with Crippen LogP contribution < -0.4 is 10.1 Å². The molecule has 0 bridgehead atoms. The molecule has 0 aliphatic carbocycles. The van der Waals surface area contributed by atoms with Gasteiger partial charge in [-0.3, -0.25) is 10.1 Å². The van der Waals surface area contributed by atoms with E-state index >= 15 is 0 Å². The quantitative estimate of drug-likeness (QED) is 0.845. The maximum absolute atomic E-state index is 12.1. The Morgan fingerprint density at radius 1 is 1.33 bits per heavy atom.